The maximum Gasteiger partial charge on any atom is -0.0274 e. The molecule has 0 atom stereocenters. The van der Waals surface area contributed by atoms with Gasteiger partial charge in [-0.3, -0.25) is 0 Å². The topological polar surface area (TPSA) is 0 Å². The van der Waals surface area contributed by atoms with Gasteiger partial charge in [0.1, 0.15) is 0 Å². The molecule has 0 fully saturated rings. The van der Waals surface area contributed by atoms with Gasteiger partial charge >= 0.3 is 0 Å². The first-order valence-corrected chi connectivity index (χ1v) is 10.9. The smallest absolute Gasteiger partial charge is 0.0274 e. The largest absolute Gasteiger partial charge is 0.0785 e. The van der Waals surface area contributed by atoms with Crippen LogP contribution in [0.2, 0.25) is 0 Å². The van der Waals surface area contributed by atoms with Gasteiger partial charge in [-0.15, -0.1) is 0 Å². The predicted octanol–water partition coefficient (Wildman–Crippen LogP) is 8.59. The molecule has 0 aliphatic carbocycles. The molecule has 0 aromatic rings. The Morgan fingerprint density at radius 3 is 1.19 bits per heavy atom. The fourth-order valence-electron chi connectivity index (χ4n) is 2.87. The zero-order chi connectivity index (χ0) is 15.4. The van der Waals surface area contributed by atoms with Crippen LogP contribution >= 0.6 is 22.6 Å². The Hall–Kier alpha value is 0.470. The maximum atomic E-state index is 2.31. The third kappa shape index (κ3) is 20.5. The normalized spacial score (nSPS) is 11.5. The number of rotatable bonds is 17. The molecule has 1 heteroatoms. The maximum absolute atomic E-state index is 2.31. The summed E-state index contributed by atoms with van der Waals surface area (Å²) in [5, 5.41) is 0. The van der Waals surface area contributed by atoms with Crippen molar-refractivity contribution in [1.82, 2.24) is 0 Å². The zero-order valence-corrected chi connectivity index (χ0v) is 16.7. The van der Waals surface area contributed by atoms with E-state index in [4.69, 9.17) is 0 Å². The monoisotopic (exact) mass is 406 g/mol. The molecule has 0 heterocycles. The van der Waals surface area contributed by atoms with Gasteiger partial charge in [-0.1, -0.05) is 132 Å². The molecule has 0 radical (unpaired) electrons. The van der Waals surface area contributed by atoms with E-state index in [2.05, 4.69) is 39.7 Å². The van der Waals surface area contributed by atoms with Crippen molar-refractivity contribution in [2.45, 2.75) is 116 Å². The summed E-state index contributed by atoms with van der Waals surface area (Å²) in [4.78, 5) is 0. The third-order valence-electron chi connectivity index (χ3n) is 4.31. The van der Waals surface area contributed by atoms with Gasteiger partial charge in [-0.25, -0.2) is 0 Å². The lowest BCUT2D eigenvalue weighted by Gasteiger charge is -2.03. The summed E-state index contributed by atoms with van der Waals surface area (Å²) in [6, 6.07) is 0. The van der Waals surface area contributed by atoms with Crippen LogP contribution in [-0.2, 0) is 0 Å². The van der Waals surface area contributed by atoms with Crippen LogP contribution < -0.4 is 0 Å². The molecule has 0 aromatic carbocycles. The van der Waals surface area contributed by atoms with Gasteiger partial charge in [-0.2, -0.15) is 0 Å². The Bertz CT molecular complexity index is 198. The second-order valence-corrected chi connectivity index (χ2v) is 7.17. The minimum Gasteiger partial charge on any atom is -0.0785 e. The molecule has 0 spiro atoms. The Morgan fingerprint density at radius 1 is 0.524 bits per heavy atom. The first-order valence-electron chi connectivity index (χ1n) is 9.67. The molecule has 21 heavy (non-hydrogen) atoms. The number of halogens is 1. The molecular formula is C20H39I. The summed E-state index contributed by atoms with van der Waals surface area (Å²) in [6.45, 7) is 2.30. The van der Waals surface area contributed by atoms with Crippen LogP contribution in [-0.4, -0.2) is 0 Å². The first-order chi connectivity index (χ1) is 10.4. The molecule has 0 rings (SSSR count). The van der Waals surface area contributed by atoms with Crippen LogP contribution in [0.15, 0.2) is 10.2 Å². The highest BCUT2D eigenvalue weighted by molar-refractivity contribution is 14.1. The Labute approximate surface area is 148 Å². The minimum atomic E-state index is 1.28. The number of hydrogen-bond donors (Lipinski definition) is 0. The number of unbranched alkanes of at least 4 members (excludes halogenated alkanes) is 16. The van der Waals surface area contributed by atoms with E-state index in [9.17, 15) is 0 Å². The quantitative estimate of drug-likeness (QED) is 0.168. The van der Waals surface area contributed by atoms with Crippen molar-refractivity contribution in [2.24, 2.45) is 0 Å². The third-order valence-corrected chi connectivity index (χ3v) is 4.82. The molecule has 0 aliphatic rings. The number of allylic oxidation sites excluding steroid dienone is 1. The Balaban J connectivity index is 2.93. The summed E-state index contributed by atoms with van der Waals surface area (Å²) in [5.41, 5.74) is 0. The molecule has 0 bridgehead atoms. The van der Waals surface area contributed by atoms with Crippen LogP contribution in [0.4, 0.5) is 0 Å². The van der Waals surface area contributed by atoms with Crippen LogP contribution in [0, 0.1) is 0 Å². The van der Waals surface area contributed by atoms with E-state index in [1.54, 1.807) is 0 Å². The molecule has 0 unspecified atom stereocenters. The molecule has 0 nitrogen and oxygen atoms in total. The van der Waals surface area contributed by atoms with E-state index >= 15 is 0 Å². The summed E-state index contributed by atoms with van der Waals surface area (Å²) in [6.07, 6.45) is 26.9. The van der Waals surface area contributed by atoms with Crippen LogP contribution in [0.5, 0.6) is 0 Å². The van der Waals surface area contributed by atoms with E-state index in [0.717, 1.165) is 0 Å². The lowest BCUT2D eigenvalue weighted by molar-refractivity contribution is 0.530. The van der Waals surface area contributed by atoms with Gasteiger partial charge in [0.25, 0.3) is 0 Å². The summed E-state index contributed by atoms with van der Waals surface area (Å²) >= 11 is 2.31. The second-order valence-electron chi connectivity index (χ2n) is 6.45. The van der Waals surface area contributed by atoms with E-state index < -0.39 is 0 Å². The van der Waals surface area contributed by atoms with Crippen LogP contribution in [0.25, 0.3) is 0 Å². The highest BCUT2D eigenvalue weighted by atomic mass is 127. The van der Waals surface area contributed by atoms with Crippen molar-refractivity contribution in [2.75, 3.05) is 0 Å². The lowest BCUT2D eigenvalue weighted by Crippen LogP contribution is -1.83. The zero-order valence-electron chi connectivity index (χ0n) is 14.6. The van der Waals surface area contributed by atoms with Gasteiger partial charge in [0.05, 0.1) is 0 Å². The van der Waals surface area contributed by atoms with Gasteiger partial charge < -0.3 is 0 Å². The van der Waals surface area contributed by atoms with Crippen molar-refractivity contribution in [3.05, 3.63) is 10.2 Å². The Kier molecular flexibility index (Phi) is 20.9. The van der Waals surface area contributed by atoms with E-state index in [1.807, 2.05) is 0 Å². The highest BCUT2D eigenvalue weighted by Gasteiger charge is 1.94. The van der Waals surface area contributed by atoms with Crippen molar-refractivity contribution in [1.29, 1.82) is 0 Å². The SMILES string of the molecule is CCCCCCCCCCCCCCCCCCC=CI. The van der Waals surface area contributed by atoms with E-state index in [-0.39, 0.29) is 0 Å². The van der Waals surface area contributed by atoms with E-state index in [0.29, 0.717) is 0 Å². The van der Waals surface area contributed by atoms with Gasteiger partial charge in [0.2, 0.25) is 0 Å². The lowest BCUT2D eigenvalue weighted by atomic mass is 10.0. The molecule has 0 saturated heterocycles. The fourth-order valence-corrected chi connectivity index (χ4v) is 3.23. The predicted molar refractivity (Wildman–Crippen MR) is 107 cm³/mol. The molecular weight excluding hydrogens is 367 g/mol. The second kappa shape index (κ2) is 20.5. The fraction of sp³-hybridized carbons (Fsp3) is 0.900. The van der Waals surface area contributed by atoms with Crippen molar-refractivity contribution >= 4 is 22.6 Å². The van der Waals surface area contributed by atoms with E-state index in [1.165, 1.54) is 109 Å². The molecule has 0 N–H and O–H groups in total. The molecule has 126 valence electrons. The summed E-state index contributed by atoms with van der Waals surface area (Å²) in [7, 11) is 0. The number of hydrogen-bond acceptors (Lipinski definition) is 0. The summed E-state index contributed by atoms with van der Waals surface area (Å²) < 4.78 is 2.14. The van der Waals surface area contributed by atoms with Crippen molar-refractivity contribution in [3.8, 4) is 0 Å². The molecule has 0 aromatic heterocycles. The standard InChI is InChI=1S/C20H39I/c1-2-3-4-5-6-7-8-9-10-11-12-13-14-15-16-17-18-19-20-21/h19-20H,2-18H2,1H3. The molecule has 0 amide bonds. The van der Waals surface area contributed by atoms with Gasteiger partial charge in [0.15, 0.2) is 0 Å². The summed E-state index contributed by atoms with van der Waals surface area (Å²) in [5.74, 6) is 0. The minimum absolute atomic E-state index is 1.28. The van der Waals surface area contributed by atoms with Crippen molar-refractivity contribution < 1.29 is 0 Å². The highest BCUT2D eigenvalue weighted by Crippen LogP contribution is 2.14. The molecule has 0 saturated carbocycles. The molecule has 0 aliphatic heterocycles. The average molecular weight is 406 g/mol. The average Bonchev–Trinajstić information content (AvgIpc) is 2.50. The van der Waals surface area contributed by atoms with Crippen molar-refractivity contribution in [3.63, 3.8) is 0 Å². The van der Waals surface area contributed by atoms with Crippen LogP contribution in [0.3, 0.4) is 0 Å². The van der Waals surface area contributed by atoms with Crippen LogP contribution in [0.1, 0.15) is 116 Å². The van der Waals surface area contributed by atoms with Gasteiger partial charge in [-0.05, 0) is 16.9 Å². The first kappa shape index (κ1) is 21.5. The Morgan fingerprint density at radius 2 is 0.857 bits per heavy atom. The van der Waals surface area contributed by atoms with Gasteiger partial charge in [0, 0.05) is 0 Å².